The third kappa shape index (κ3) is 4.64. The highest BCUT2D eigenvalue weighted by Crippen LogP contribution is 2.42. The lowest BCUT2D eigenvalue weighted by Gasteiger charge is -2.29. The summed E-state index contributed by atoms with van der Waals surface area (Å²) >= 11 is 5.82. The van der Waals surface area contributed by atoms with E-state index in [2.05, 4.69) is 36.1 Å². The fraction of sp³-hybridized carbons (Fsp3) is 0.154. The van der Waals surface area contributed by atoms with E-state index in [1.54, 1.807) is 12.4 Å². The number of nitrogens with zero attached hydrogens (tertiary/aromatic N) is 4. The van der Waals surface area contributed by atoms with Crippen molar-refractivity contribution in [2.45, 2.75) is 12.1 Å². The number of rotatable bonds is 7. The number of anilines is 2. The molecule has 0 bridgehead atoms. The molecule has 1 aliphatic rings. The summed E-state index contributed by atoms with van der Waals surface area (Å²) in [6.45, 7) is 0.000221. The molecular weight excluding hydrogens is 460 g/mol. The van der Waals surface area contributed by atoms with Gasteiger partial charge in [-0.15, -0.1) is 0 Å². The predicted molar refractivity (Wildman–Crippen MR) is 138 cm³/mol. The highest BCUT2D eigenvalue weighted by molar-refractivity contribution is 7.80. The van der Waals surface area contributed by atoms with E-state index in [1.807, 2.05) is 72.9 Å². The van der Waals surface area contributed by atoms with Crippen molar-refractivity contribution in [1.82, 2.24) is 19.9 Å². The number of carbonyl (C=O) groups is 1. The number of nitrogens with one attached hydrogen (secondary N) is 2. The van der Waals surface area contributed by atoms with Gasteiger partial charge < -0.3 is 24.8 Å². The van der Waals surface area contributed by atoms with Gasteiger partial charge in [0.25, 0.3) is 0 Å². The van der Waals surface area contributed by atoms with Gasteiger partial charge in [0.1, 0.15) is 18.5 Å². The molecule has 3 aromatic heterocycles. The summed E-state index contributed by atoms with van der Waals surface area (Å²) in [5.41, 5.74) is 3.48. The minimum Gasteiger partial charge on any atom is -0.375 e. The van der Waals surface area contributed by atoms with Gasteiger partial charge in [0.05, 0.1) is 11.7 Å². The molecule has 0 saturated carbocycles. The Bertz CT molecular complexity index is 1310. The van der Waals surface area contributed by atoms with Gasteiger partial charge in [-0.05, 0) is 72.9 Å². The van der Waals surface area contributed by atoms with Gasteiger partial charge >= 0.3 is 0 Å². The SMILES string of the molecule is COCC(=O)Nc1ccc(N2C(=S)N[C@H](c3ccccn3)[C@@H]2c2cccn2-c2ccccn2)cc1. The fourth-order valence-corrected chi connectivity index (χ4v) is 4.65. The Balaban J connectivity index is 1.55. The third-order valence-electron chi connectivity index (χ3n) is 5.78. The summed E-state index contributed by atoms with van der Waals surface area (Å²) in [6, 6.07) is 23.0. The van der Waals surface area contributed by atoms with E-state index in [1.165, 1.54) is 7.11 Å². The lowest BCUT2D eigenvalue weighted by molar-refractivity contribution is -0.119. The molecule has 0 spiro atoms. The normalized spacial score (nSPS) is 17.3. The number of methoxy groups -OCH3 is 1. The Kier molecular flexibility index (Phi) is 6.51. The Morgan fingerprint density at radius 1 is 1.03 bits per heavy atom. The number of ether oxygens (including phenoxy) is 1. The van der Waals surface area contributed by atoms with E-state index in [0.29, 0.717) is 10.8 Å². The molecule has 176 valence electrons. The van der Waals surface area contributed by atoms with Crippen molar-refractivity contribution in [2.75, 3.05) is 23.9 Å². The van der Waals surface area contributed by atoms with Crippen LogP contribution in [-0.4, -0.2) is 39.3 Å². The number of amides is 1. The maximum Gasteiger partial charge on any atom is 0.250 e. The Morgan fingerprint density at radius 3 is 2.49 bits per heavy atom. The highest BCUT2D eigenvalue weighted by atomic mass is 32.1. The van der Waals surface area contributed by atoms with Gasteiger partial charge in [-0.25, -0.2) is 4.98 Å². The average molecular weight is 485 g/mol. The number of aromatic nitrogens is 3. The first-order valence-corrected chi connectivity index (χ1v) is 11.5. The first-order valence-electron chi connectivity index (χ1n) is 11.1. The number of thiocarbonyl (C=S) groups is 1. The first-order chi connectivity index (χ1) is 17.2. The van der Waals surface area contributed by atoms with Crippen LogP contribution in [0.2, 0.25) is 0 Å². The van der Waals surface area contributed by atoms with Crippen molar-refractivity contribution in [3.8, 4) is 5.82 Å². The number of benzene rings is 1. The molecule has 1 saturated heterocycles. The van der Waals surface area contributed by atoms with E-state index in [-0.39, 0.29) is 24.6 Å². The van der Waals surface area contributed by atoms with E-state index in [9.17, 15) is 4.79 Å². The van der Waals surface area contributed by atoms with Crippen LogP contribution in [0.5, 0.6) is 0 Å². The summed E-state index contributed by atoms with van der Waals surface area (Å²) in [7, 11) is 1.49. The molecule has 9 heteroatoms. The lowest BCUT2D eigenvalue weighted by Crippen LogP contribution is -2.30. The zero-order valence-electron chi connectivity index (χ0n) is 19.0. The van der Waals surface area contributed by atoms with Crippen LogP contribution in [0, 0.1) is 0 Å². The second kappa shape index (κ2) is 10.0. The number of pyridine rings is 2. The van der Waals surface area contributed by atoms with Crippen LogP contribution in [0.15, 0.2) is 91.4 Å². The molecule has 5 rings (SSSR count). The van der Waals surface area contributed by atoms with Gasteiger partial charge in [0.15, 0.2) is 5.11 Å². The van der Waals surface area contributed by atoms with Gasteiger partial charge in [0, 0.05) is 42.8 Å². The van der Waals surface area contributed by atoms with E-state index >= 15 is 0 Å². The van der Waals surface area contributed by atoms with Gasteiger partial charge in [-0.3, -0.25) is 9.78 Å². The molecule has 2 atom stereocenters. The van der Waals surface area contributed by atoms with E-state index in [4.69, 9.17) is 17.0 Å². The number of carbonyl (C=O) groups excluding carboxylic acids is 1. The quantitative estimate of drug-likeness (QED) is 0.383. The zero-order valence-corrected chi connectivity index (χ0v) is 19.9. The van der Waals surface area contributed by atoms with Gasteiger partial charge in [-0.2, -0.15) is 0 Å². The maximum absolute atomic E-state index is 11.9. The van der Waals surface area contributed by atoms with Crippen LogP contribution in [0.1, 0.15) is 23.5 Å². The standard InChI is InChI=1S/C26H24N6O2S/c1-34-17-23(33)29-18-10-12-19(13-11-18)32-25(24(30-26(32)35)20-7-2-4-14-27-20)21-8-6-16-31(21)22-9-3-5-15-28-22/h2-16,24-25H,17H2,1H3,(H,29,33)(H,30,35)/t24-,25+/m1/s1. The molecule has 8 nitrogen and oxygen atoms in total. The minimum absolute atomic E-state index is 0.000221. The van der Waals surface area contributed by atoms with Crippen LogP contribution < -0.4 is 15.5 Å². The molecule has 4 heterocycles. The maximum atomic E-state index is 11.9. The van der Waals surface area contributed by atoms with Crippen LogP contribution in [0.4, 0.5) is 11.4 Å². The van der Waals surface area contributed by atoms with Crippen molar-refractivity contribution >= 4 is 34.6 Å². The molecule has 1 aliphatic heterocycles. The van der Waals surface area contributed by atoms with Crippen molar-refractivity contribution in [1.29, 1.82) is 0 Å². The second-order valence-corrected chi connectivity index (χ2v) is 8.40. The van der Waals surface area contributed by atoms with Crippen molar-refractivity contribution in [2.24, 2.45) is 0 Å². The molecule has 0 aliphatic carbocycles. The minimum atomic E-state index is -0.208. The van der Waals surface area contributed by atoms with Crippen LogP contribution in [0.25, 0.3) is 5.82 Å². The van der Waals surface area contributed by atoms with Crippen LogP contribution >= 0.6 is 12.2 Å². The van der Waals surface area contributed by atoms with Crippen molar-refractivity contribution in [3.05, 3.63) is 103 Å². The molecule has 0 unspecified atom stereocenters. The lowest BCUT2D eigenvalue weighted by atomic mass is 10.0. The monoisotopic (exact) mass is 484 g/mol. The topological polar surface area (TPSA) is 84.3 Å². The first kappa shape index (κ1) is 22.7. The number of hydrogen-bond acceptors (Lipinski definition) is 5. The second-order valence-electron chi connectivity index (χ2n) is 8.02. The predicted octanol–water partition coefficient (Wildman–Crippen LogP) is 4.03. The highest BCUT2D eigenvalue weighted by Gasteiger charge is 2.42. The average Bonchev–Trinajstić information content (AvgIpc) is 3.50. The molecule has 1 amide bonds. The van der Waals surface area contributed by atoms with E-state index < -0.39 is 0 Å². The Labute approximate surface area is 208 Å². The smallest absolute Gasteiger partial charge is 0.250 e. The van der Waals surface area contributed by atoms with Crippen LogP contribution in [0.3, 0.4) is 0 Å². The third-order valence-corrected chi connectivity index (χ3v) is 6.10. The summed E-state index contributed by atoms with van der Waals surface area (Å²) in [5, 5.41) is 6.89. The van der Waals surface area contributed by atoms with E-state index in [0.717, 1.165) is 22.9 Å². The molecule has 1 aromatic carbocycles. The molecular formula is C26H24N6O2S. The zero-order chi connectivity index (χ0) is 24.2. The Hall–Kier alpha value is -4.08. The summed E-state index contributed by atoms with van der Waals surface area (Å²) in [4.78, 5) is 23.1. The molecule has 35 heavy (non-hydrogen) atoms. The molecule has 2 N–H and O–H groups in total. The van der Waals surface area contributed by atoms with Gasteiger partial charge in [0.2, 0.25) is 5.91 Å². The molecule has 4 aromatic rings. The number of hydrogen-bond donors (Lipinski definition) is 2. The Morgan fingerprint density at radius 2 is 1.80 bits per heavy atom. The summed E-state index contributed by atoms with van der Waals surface area (Å²) in [6.07, 6.45) is 5.57. The largest absolute Gasteiger partial charge is 0.375 e. The summed E-state index contributed by atoms with van der Waals surface area (Å²) in [5.74, 6) is 0.612. The van der Waals surface area contributed by atoms with Crippen molar-refractivity contribution in [3.63, 3.8) is 0 Å². The van der Waals surface area contributed by atoms with Crippen LogP contribution in [-0.2, 0) is 9.53 Å². The molecule has 1 fully saturated rings. The van der Waals surface area contributed by atoms with Crippen molar-refractivity contribution < 1.29 is 9.53 Å². The molecule has 0 radical (unpaired) electrons. The van der Waals surface area contributed by atoms with Gasteiger partial charge in [-0.1, -0.05) is 12.1 Å². The summed E-state index contributed by atoms with van der Waals surface area (Å²) < 4.78 is 6.96. The fourth-order valence-electron chi connectivity index (χ4n) is 4.31.